The van der Waals surface area contributed by atoms with Crippen molar-refractivity contribution in [3.8, 4) is 0 Å². The minimum Gasteiger partial charge on any atom is -0.427 e. The maximum Gasteiger partial charge on any atom is 0.349 e. The van der Waals surface area contributed by atoms with Crippen molar-refractivity contribution in [1.82, 2.24) is 20.1 Å². The Balaban J connectivity index is 1.80. The van der Waals surface area contributed by atoms with E-state index in [-0.39, 0.29) is 17.5 Å². The molecule has 0 radical (unpaired) electrons. The molecule has 0 aliphatic carbocycles. The number of carbonyl (C=O) groups excluding carboxylic acids is 1. The standard InChI is InChI=1S/C18H24N4O4/c1-4-22-16(19-10-20-22)12(3)21-17(23)15-11(2)9-14(26-18(15)24)13-5-7-25-8-6-13/h9-10,12-13H,4-8H2,1-3H3,(H,21,23). The number of aryl methyl sites for hydroxylation is 2. The lowest BCUT2D eigenvalue weighted by atomic mass is 9.95. The molecule has 3 rings (SSSR count). The number of nitrogens with zero attached hydrogens (tertiary/aromatic N) is 3. The molecule has 3 heterocycles. The van der Waals surface area contributed by atoms with Crippen molar-refractivity contribution in [3.05, 3.63) is 45.5 Å². The van der Waals surface area contributed by atoms with E-state index >= 15 is 0 Å². The van der Waals surface area contributed by atoms with E-state index < -0.39 is 11.5 Å². The van der Waals surface area contributed by atoms with Crippen LogP contribution >= 0.6 is 0 Å². The fraction of sp³-hybridized carbons (Fsp3) is 0.556. The Morgan fingerprint density at radius 2 is 2.15 bits per heavy atom. The summed E-state index contributed by atoms with van der Waals surface area (Å²) in [6.45, 7) is 7.48. The first-order valence-electron chi connectivity index (χ1n) is 8.92. The molecule has 0 saturated carbocycles. The van der Waals surface area contributed by atoms with Crippen molar-refractivity contribution in [2.24, 2.45) is 0 Å². The van der Waals surface area contributed by atoms with Crippen LogP contribution in [0.1, 0.15) is 66.2 Å². The highest BCUT2D eigenvalue weighted by molar-refractivity contribution is 5.95. The second kappa shape index (κ2) is 7.82. The van der Waals surface area contributed by atoms with Gasteiger partial charge in [0.05, 0.1) is 6.04 Å². The lowest BCUT2D eigenvalue weighted by Crippen LogP contribution is -2.33. The van der Waals surface area contributed by atoms with E-state index in [0.717, 1.165) is 12.8 Å². The maximum absolute atomic E-state index is 12.6. The van der Waals surface area contributed by atoms with Gasteiger partial charge in [-0.2, -0.15) is 5.10 Å². The van der Waals surface area contributed by atoms with Gasteiger partial charge in [0.1, 0.15) is 23.5 Å². The molecule has 1 N–H and O–H groups in total. The molecular formula is C18H24N4O4. The SMILES string of the molecule is CCn1ncnc1C(C)NC(=O)c1c(C)cc(C2CCOCC2)oc1=O. The monoisotopic (exact) mass is 360 g/mol. The fourth-order valence-corrected chi connectivity index (χ4v) is 3.27. The number of rotatable bonds is 5. The van der Waals surface area contributed by atoms with Crippen LogP contribution in [-0.2, 0) is 11.3 Å². The summed E-state index contributed by atoms with van der Waals surface area (Å²) in [5.74, 6) is 0.968. The Labute approximate surface area is 151 Å². The molecule has 140 valence electrons. The summed E-state index contributed by atoms with van der Waals surface area (Å²) < 4.78 is 12.5. The molecule has 0 spiro atoms. The van der Waals surface area contributed by atoms with Gasteiger partial charge < -0.3 is 14.5 Å². The zero-order valence-corrected chi connectivity index (χ0v) is 15.3. The second-order valence-electron chi connectivity index (χ2n) is 6.51. The number of hydrogen-bond acceptors (Lipinski definition) is 6. The first kappa shape index (κ1) is 18.3. The minimum atomic E-state index is -0.604. The molecule has 8 nitrogen and oxygen atoms in total. The zero-order valence-electron chi connectivity index (χ0n) is 15.3. The highest BCUT2D eigenvalue weighted by atomic mass is 16.5. The van der Waals surface area contributed by atoms with Gasteiger partial charge in [0.2, 0.25) is 0 Å². The predicted molar refractivity (Wildman–Crippen MR) is 94.1 cm³/mol. The van der Waals surface area contributed by atoms with Crippen LogP contribution in [0.5, 0.6) is 0 Å². The van der Waals surface area contributed by atoms with E-state index in [0.29, 0.717) is 36.9 Å². The molecular weight excluding hydrogens is 336 g/mol. The molecule has 8 heteroatoms. The second-order valence-corrected chi connectivity index (χ2v) is 6.51. The third-order valence-corrected chi connectivity index (χ3v) is 4.70. The van der Waals surface area contributed by atoms with Crippen LogP contribution < -0.4 is 10.9 Å². The molecule has 1 fully saturated rings. The average Bonchev–Trinajstić information content (AvgIpc) is 3.10. The van der Waals surface area contributed by atoms with Gasteiger partial charge in [-0.3, -0.25) is 4.79 Å². The van der Waals surface area contributed by atoms with Gasteiger partial charge in [-0.05, 0) is 45.2 Å². The van der Waals surface area contributed by atoms with Gasteiger partial charge in [0.25, 0.3) is 5.91 Å². The third kappa shape index (κ3) is 3.70. The molecule has 1 amide bonds. The molecule has 2 aromatic rings. The Bertz CT molecular complexity index is 836. The summed E-state index contributed by atoms with van der Waals surface area (Å²) >= 11 is 0. The molecule has 0 aromatic carbocycles. The molecule has 2 aromatic heterocycles. The van der Waals surface area contributed by atoms with Crippen molar-refractivity contribution in [1.29, 1.82) is 0 Å². The molecule has 1 unspecified atom stereocenters. The van der Waals surface area contributed by atoms with Gasteiger partial charge >= 0.3 is 5.63 Å². The summed E-state index contributed by atoms with van der Waals surface area (Å²) in [5.41, 5.74) is 0.0489. The highest BCUT2D eigenvalue weighted by Gasteiger charge is 2.24. The summed E-state index contributed by atoms with van der Waals surface area (Å²) in [7, 11) is 0. The van der Waals surface area contributed by atoms with Crippen molar-refractivity contribution in [2.45, 2.75) is 52.1 Å². The summed E-state index contributed by atoms with van der Waals surface area (Å²) in [6, 6.07) is 1.42. The summed E-state index contributed by atoms with van der Waals surface area (Å²) in [5, 5.41) is 6.91. The van der Waals surface area contributed by atoms with Gasteiger partial charge in [0.15, 0.2) is 0 Å². The first-order chi connectivity index (χ1) is 12.5. The van der Waals surface area contributed by atoms with E-state index in [4.69, 9.17) is 9.15 Å². The van der Waals surface area contributed by atoms with Gasteiger partial charge in [-0.25, -0.2) is 14.5 Å². The van der Waals surface area contributed by atoms with Crippen LogP contribution in [-0.4, -0.2) is 33.9 Å². The van der Waals surface area contributed by atoms with Crippen LogP contribution in [0, 0.1) is 6.92 Å². The Hall–Kier alpha value is -2.48. The smallest absolute Gasteiger partial charge is 0.349 e. The van der Waals surface area contributed by atoms with E-state index in [2.05, 4.69) is 15.4 Å². The van der Waals surface area contributed by atoms with Crippen molar-refractivity contribution in [3.63, 3.8) is 0 Å². The van der Waals surface area contributed by atoms with Crippen LogP contribution in [0.2, 0.25) is 0 Å². The predicted octanol–water partition coefficient (Wildman–Crippen LogP) is 1.94. The van der Waals surface area contributed by atoms with E-state index in [1.54, 1.807) is 24.6 Å². The number of nitrogens with one attached hydrogen (secondary N) is 1. The maximum atomic E-state index is 12.6. The van der Waals surface area contributed by atoms with E-state index in [1.807, 2.05) is 6.92 Å². The van der Waals surface area contributed by atoms with Gasteiger partial charge in [-0.1, -0.05) is 0 Å². The molecule has 1 aliphatic rings. The summed E-state index contributed by atoms with van der Waals surface area (Å²) in [6.07, 6.45) is 3.08. The average molecular weight is 360 g/mol. The molecule has 1 atom stereocenters. The van der Waals surface area contributed by atoms with E-state index in [9.17, 15) is 9.59 Å². The third-order valence-electron chi connectivity index (χ3n) is 4.70. The quantitative estimate of drug-likeness (QED) is 0.875. The Morgan fingerprint density at radius 3 is 2.81 bits per heavy atom. The summed E-state index contributed by atoms with van der Waals surface area (Å²) in [4.78, 5) is 29.3. The largest absolute Gasteiger partial charge is 0.427 e. The van der Waals surface area contributed by atoms with Crippen LogP contribution in [0.4, 0.5) is 0 Å². The highest BCUT2D eigenvalue weighted by Crippen LogP contribution is 2.27. The zero-order chi connectivity index (χ0) is 18.7. The number of carbonyl (C=O) groups is 1. The van der Waals surface area contributed by atoms with E-state index in [1.165, 1.54) is 6.33 Å². The minimum absolute atomic E-state index is 0.0372. The topological polar surface area (TPSA) is 99.2 Å². The molecule has 0 bridgehead atoms. The van der Waals surface area contributed by atoms with Crippen molar-refractivity contribution >= 4 is 5.91 Å². The Kier molecular flexibility index (Phi) is 5.51. The molecule has 1 saturated heterocycles. The van der Waals surface area contributed by atoms with Crippen LogP contribution in [0.3, 0.4) is 0 Å². The van der Waals surface area contributed by atoms with Gasteiger partial charge in [-0.15, -0.1) is 0 Å². The van der Waals surface area contributed by atoms with Crippen molar-refractivity contribution < 1.29 is 13.9 Å². The fourth-order valence-electron chi connectivity index (χ4n) is 3.27. The molecule has 26 heavy (non-hydrogen) atoms. The number of hydrogen-bond donors (Lipinski definition) is 1. The van der Waals surface area contributed by atoms with Gasteiger partial charge in [0, 0.05) is 25.7 Å². The Morgan fingerprint density at radius 1 is 1.42 bits per heavy atom. The van der Waals surface area contributed by atoms with Crippen LogP contribution in [0.15, 0.2) is 21.6 Å². The molecule has 1 aliphatic heterocycles. The first-order valence-corrected chi connectivity index (χ1v) is 8.92. The lowest BCUT2D eigenvalue weighted by molar-refractivity contribution is 0.0795. The van der Waals surface area contributed by atoms with Crippen molar-refractivity contribution in [2.75, 3.05) is 13.2 Å². The lowest BCUT2D eigenvalue weighted by Gasteiger charge is -2.21. The van der Waals surface area contributed by atoms with Crippen LogP contribution in [0.25, 0.3) is 0 Å². The number of ether oxygens (including phenoxy) is 1. The number of amides is 1. The number of aromatic nitrogens is 3. The normalized spacial score (nSPS) is 16.4.